The summed E-state index contributed by atoms with van der Waals surface area (Å²) in [7, 11) is 0. The lowest BCUT2D eigenvalue weighted by Gasteiger charge is -2.24. The number of rotatable bonds is 3. The second kappa shape index (κ2) is 5.20. The van der Waals surface area contributed by atoms with E-state index in [2.05, 4.69) is 20.6 Å². The number of carbonyl (C=O) groups is 1. The lowest BCUT2D eigenvalue weighted by molar-refractivity contribution is -0.122. The number of aromatic nitrogens is 2. The van der Waals surface area contributed by atoms with Gasteiger partial charge in [0.25, 0.3) is 0 Å². The summed E-state index contributed by atoms with van der Waals surface area (Å²) in [6, 6.07) is 1.36. The van der Waals surface area contributed by atoms with Gasteiger partial charge in [-0.25, -0.2) is 4.98 Å². The van der Waals surface area contributed by atoms with Crippen molar-refractivity contribution < 1.29 is 4.79 Å². The van der Waals surface area contributed by atoms with Crippen LogP contribution in [0.25, 0.3) is 0 Å². The fourth-order valence-corrected chi connectivity index (χ4v) is 1.43. The maximum absolute atomic E-state index is 11.9. The van der Waals surface area contributed by atoms with Gasteiger partial charge in [0.05, 0.1) is 0 Å². The number of nitrogens with zero attached hydrogens (tertiary/aromatic N) is 2. The minimum Gasteiger partial charge on any atom is -0.368 e. The van der Waals surface area contributed by atoms with E-state index in [1.54, 1.807) is 13.0 Å². The van der Waals surface area contributed by atoms with Crippen LogP contribution in [0.1, 0.15) is 33.4 Å². The summed E-state index contributed by atoms with van der Waals surface area (Å²) < 4.78 is 0. The Bertz CT molecular complexity index is 418. The molecule has 0 bridgehead atoms. The number of carbonyl (C=O) groups excluding carboxylic acids is 1. The molecule has 1 unspecified atom stereocenters. The van der Waals surface area contributed by atoms with E-state index in [0.717, 1.165) is 5.69 Å². The SMILES string of the molecule is Cc1cc(NC(C)C(=O)NC(C)(C)C)nc(N)n1. The van der Waals surface area contributed by atoms with Gasteiger partial charge in [0.2, 0.25) is 11.9 Å². The number of nitrogens with two attached hydrogens (primary N) is 1. The topological polar surface area (TPSA) is 92.9 Å². The Morgan fingerprint density at radius 1 is 1.39 bits per heavy atom. The molecule has 0 aromatic carbocycles. The summed E-state index contributed by atoms with van der Waals surface area (Å²) in [5, 5.41) is 5.90. The number of aryl methyl sites for hydroxylation is 1. The van der Waals surface area contributed by atoms with Crippen LogP contribution < -0.4 is 16.4 Å². The largest absolute Gasteiger partial charge is 0.368 e. The van der Waals surface area contributed by atoms with Crippen molar-refractivity contribution in [2.45, 2.75) is 46.2 Å². The molecule has 0 spiro atoms. The molecule has 0 radical (unpaired) electrons. The van der Waals surface area contributed by atoms with Crippen molar-refractivity contribution in [3.05, 3.63) is 11.8 Å². The van der Waals surface area contributed by atoms with Gasteiger partial charge >= 0.3 is 0 Å². The van der Waals surface area contributed by atoms with E-state index in [1.165, 1.54) is 0 Å². The first kappa shape index (κ1) is 14.2. The smallest absolute Gasteiger partial charge is 0.242 e. The highest BCUT2D eigenvalue weighted by Gasteiger charge is 2.19. The number of amides is 1. The average Bonchev–Trinajstić information content (AvgIpc) is 2.12. The molecule has 0 aliphatic rings. The zero-order valence-corrected chi connectivity index (χ0v) is 11.5. The summed E-state index contributed by atoms with van der Waals surface area (Å²) in [6.07, 6.45) is 0. The van der Waals surface area contributed by atoms with Crippen LogP contribution in [0.15, 0.2) is 6.07 Å². The highest BCUT2D eigenvalue weighted by molar-refractivity contribution is 5.84. The predicted molar refractivity (Wildman–Crippen MR) is 72.2 cm³/mol. The highest BCUT2D eigenvalue weighted by Crippen LogP contribution is 2.09. The van der Waals surface area contributed by atoms with Gasteiger partial charge < -0.3 is 16.4 Å². The first-order valence-corrected chi connectivity index (χ1v) is 5.87. The first-order chi connectivity index (χ1) is 8.17. The Kier molecular flexibility index (Phi) is 4.11. The molecule has 1 rings (SSSR count). The van der Waals surface area contributed by atoms with E-state index in [-0.39, 0.29) is 17.4 Å². The fourth-order valence-electron chi connectivity index (χ4n) is 1.43. The van der Waals surface area contributed by atoms with Crippen LogP contribution in [0.3, 0.4) is 0 Å². The molecule has 0 fully saturated rings. The van der Waals surface area contributed by atoms with Crippen molar-refractivity contribution in [2.75, 3.05) is 11.1 Å². The van der Waals surface area contributed by atoms with Gasteiger partial charge in [-0.3, -0.25) is 4.79 Å². The van der Waals surface area contributed by atoms with Crippen molar-refractivity contribution in [3.8, 4) is 0 Å². The van der Waals surface area contributed by atoms with Gasteiger partial charge in [-0.05, 0) is 34.6 Å². The maximum Gasteiger partial charge on any atom is 0.242 e. The molecular formula is C12H21N5O. The molecule has 18 heavy (non-hydrogen) atoms. The molecule has 6 heteroatoms. The van der Waals surface area contributed by atoms with Crippen LogP contribution in [0.2, 0.25) is 0 Å². The molecule has 4 N–H and O–H groups in total. The lowest BCUT2D eigenvalue weighted by atomic mass is 10.1. The maximum atomic E-state index is 11.9. The molecule has 0 aliphatic heterocycles. The third-order valence-electron chi connectivity index (χ3n) is 2.13. The minimum absolute atomic E-state index is 0.0858. The van der Waals surface area contributed by atoms with Gasteiger partial charge in [0.15, 0.2) is 0 Å². The second-order valence-electron chi connectivity index (χ2n) is 5.36. The first-order valence-electron chi connectivity index (χ1n) is 5.87. The van der Waals surface area contributed by atoms with E-state index in [1.807, 2.05) is 27.7 Å². The Balaban J connectivity index is 2.69. The summed E-state index contributed by atoms with van der Waals surface area (Å²) in [6.45, 7) is 9.40. The number of hydrogen-bond donors (Lipinski definition) is 3. The third-order valence-corrected chi connectivity index (χ3v) is 2.13. The van der Waals surface area contributed by atoms with Gasteiger partial charge in [-0.2, -0.15) is 4.98 Å². The van der Waals surface area contributed by atoms with Crippen molar-refractivity contribution in [3.63, 3.8) is 0 Å². The van der Waals surface area contributed by atoms with Crippen LogP contribution in [-0.2, 0) is 4.79 Å². The molecule has 100 valence electrons. The van der Waals surface area contributed by atoms with Gasteiger partial charge in [-0.15, -0.1) is 0 Å². The Labute approximate surface area is 107 Å². The summed E-state index contributed by atoms with van der Waals surface area (Å²) >= 11 is 0. The Morgan fingerprint density at radius 3 is 2.50 bits per heavy atom. The molecular weight excluding hydrogens is 230 g/mol. The highest BCUT2D eigenvalue weighted by atomic mass is 16.2. The zero-order chi connectivity index (χ0) is 13.9. The third kappa shape index (κ3) is 4.57. The molecule has 6 nitrogen and oxygen atoms in total. The Hall–Kier alpha value is -1.85. The molecule has 1 amide bonds. The second-order valence-corrected chi connectivity index (χ2v) is 5.36. The van der Waals surface area contributed by atoms with Crippen molar-refractivity contribution in [2.24, 2.45) is 0 Å². The number of anilines is 2. The number of nitrogen functional groups attached to an aromatic ring is 1. The van der Waals surface area contributed by atoms with Crippen LogP contribution >= 0.6 is 0 Å². The molecule has 1 aromatic heterocycles. The van der Waals surface area contributed by atoms with Crippen molar-refractivity contribution in [1.82, 2.24) is 15.3 Å². The van der Waals surface area contributed by atoms with E-state index >= 15 is 0 Å². The summed E-state index contributed by atoms with van der Waals surface area (Å²) in [5.74, 6) is 0.662. The van der Waals surface area contributed by atoms with E-state index < -0.39 is 6.04 Å². The van der Waals surface area contributed by atoms with Crippen LogP contribution in [0.4, 0.5) is 11.8 Å². The quantitative estimate of drug-likeness (QED) is 0.747. The standard InChI is InChI=1S/C12H21N5O/c1-7-6-9(16-11(13)14-7)15-8(2)10(18)17-12(3,4)5/h6,8H,1-5H3,(H,17,18)(H3,13,14,15,16). The van der Waals surface area contributed by atoms with Gasteiger partial charge in [0.1, 0.15) is 11.9 Å². The predicted octanol–water partition coefficient (Wildman–Crippen LogP) is 1.08. The fraction of sp³-hybridized carbons (Fsp3) is 0.583. The molecule has 0 saturated heterocycles. The van der Waals surface area contributed by atoms with Gasteiger partial charge in [-0.1, -0.05) is 0 Å². The van der Waals surface area contributed by atoms with E-state index in [9.17, 15) is 4.79 Å². The van der Waals surface area contributed by atoms with Crippen molar-refractivity contribution >= 4 is 17.7 Å². The van der Waals surface area contributed by atoms with E-state index in [0.29, 0.717) is 5.82 Å². The van der Waals surface area contributed by atoms with Crippen LogP contribution in [0.5, 0.6) is 0 Å². The zero-order valence-electron chi connectivity index (χ0n) is 11.5. The Morgan fingerprint density at radius 2 is 2.00 bits per heavy atom. The van der Waals surface area contributed by atoms with Crippen LogP contribution in [-0.4, -0.2) is 27.5 Å². The number of hydrogen-bond acceptors (Lipinski definition) is 5. The molecule has 1 heterocycles. The normalized spacial score (nSPS) is 12.9. The summed E-state index contributed by atoms with van der Waals surface area (Å²) in [5.41, 5.74) is 6.05. The van der Waals surface area contributed by atoms with Crippen molar-refractivity contribution in [1.29, 1.82) is 0 Å². The molecule has 0 aliphatic carbocycles. The molecule has 1 atom stereocenters. The average molecular weight is 251 g/mol. The van der Waals surface area contributed by atoms with E-state index in [4.69, 9.17) is 5.73 Å². The molecule has 0 saturated carbocycles. The number of nitrogens with one attached hydrogen (secondary N) is 2. The monoisotopic (exact) mass is 251 g/mol. The van der Waals surface area contributed by atoms with Crippen LogP contribution in [0, 0.1) is 6.92 Å². The molecule has 1 aromatic rings. The summed E-state index contributed by atoms with van der Waals surface area (Å²) in [4.78, 5) is 19.9. The van der Waals surface area contributed by atoms with Gasteiger partial charge in [0, 0.05) is 17.3 Å². The lowest BCUT2D eigenvalue weighted by Crippen LogP contribution is -2.47. The minimum atomic E-state index is -0.391.